The molecule has 0 aromatic heterocycles. The maximum absolute atomic E-state index is 13.4. The van der Waals surface area contributed by atoms with Crippen LogP contribution in [0.2, 0.25) is 0 Å². The van der Waals surface area contributed by atoms with E-state index in [4.69, 9.17) is 4.74 Å². The van der Waals surface area contributed by atoms with Crippen molar-refractivity contribution in [2.75, 3.05) is 6.61 Å². The first-order valence-corrected chi connectivity index (χ1v) is 5.42. The standard InChI is InChI=1S/C12H14FNO4/c1-3-18-12(17)7(2)14-11(16)10-8(13)5-4-6-9(10)15/h4-7,15H,3H2,1-2H3,(H,14,16). The van der Waals surface area contributed by atoms with Crippen molar-refractivity contribution in [2.45, 2.75) is 19.9 Å². The van der Waals surface area contributed by atoms with E-state index in [9.17, 15) is 19.1 Å². The average Bonchev–Trinajstić information content (AvgIpc) is 2.28. The fourth-order valence-corrected chi connectivity index (χ4v) is 1.33. The largest absolute Gasteiger partial charge is 0.507 e. The van der Waals surface area contributed by atoms with Crippen molar-refractivity contribution in [3.8, 4) is 5.75 Å². The Bertz CT molecular complexity index is 441. The van der Waals surface area contributed by atoms with Crippen molar-refractivity contribution in [1.82, 2.24) is 5.32 Å². The van der Waals surface area contributed by atoms with E-state index in [1.54, 1.807) is 6.92 Å². The quantitative estimate of drug-likeness (QED) is 0.793. The molecule has 6 heteroatoms. The molecule has 0 radical (unpaired) electrons. The first kappa shape index (κ1) is 14.0. The van der Waals surface area contributed by atoms with Crippen LogP contribution in [0.25, 0.3) is 0 Å². The number of aromatic hydroxyl groups is 1. The van der Waals surface area contributed by atoms with Crippen molar-refractivity contribution >= 4 is 11.9 Å². The molecule has 18 heavy (non-hydrogen) atoms. The van der Waals surface area contributed by atoms with Crippen LogP contribution in [0.1, 0.15) is 24.2 Å². The second-order valence-corrected chi connectivity index (χ2v) is 3.58. The smallest absolute Gasteiger partial charge is 0.328 e. The number of hydrogen-bond acceptors (Lipinski definition) is 4. The van der Waals surface area contributed by atoms with Gasteiger partial charge in [-0.3, -0.25) is 4.79 Å². The first-order valence-electron chi connectivity index (χ1n) is 5.42. The minimum atomic E-state index is -0.920. The van der Waals surface area contributed by atoms with E-state index >= 15 is 0 Å². The minimum Gasteiger partial charge on any atom is -0.507 e. The molecule has 1 amide bonds. The van der Waals surface area contributed by atoms with Crippen LogP contribution in [-0.4, -0.2) is 29.6 Å². The van der Waals surface area contributed by atoms with Gasteiger partial charge in [0.25, 0.3) is 5.91 Å². The van der Waals surface area contributed by atoms with E-state index in [0.717, 1.165) is 6.07 Å². The second kappa shape index (κ2) is 6.00. The molecular formula is C12H14FNO4. The number of nitrogens with one attached hydrogen (secondary N) is 1. The van der Waals surface area contributed by atoms with Gasteiger partial charge >= 0.3 is 5.97 Å². The summed E-state index contributed by atoms with van der Waals surface area (Å²) in [5.74, 6) is -2.83. The highest BCUT2D eigenvalue weighted by Crippen LogP contribution is 2.19. The lowest BCUT2D eigenvalue weighted by Crippen LogP contribution is -2.39. The van der Waals surface area contributed by atoms with E-state index in [1.165, 1.54) is 19.1 Å². The summed E-state index contributed by atoms with van der Waals surface area (Å²) >= 11 is 0. The summed E-state index contributed by atoms with van der Waals surface area (Å²) < 4.78 is 18.1. The Kier molecular flexibility index (Phi) is 4.65. The van der Waals surface area contributed by atoms with E-state index in [2.05, 4.69) is 5.32 Å². The molecule has 98 valence electrons. The molecule has 0 aliphatic carbocycles. The molecule has 1 rings (SSSR count). The van der Waals surface area contributed by atoms with Gasteiger partial charge in [0.05, 0.1) is 6.61 Å². The molecule has 0 aliphatic rings. The number of rotatable bonds is 4. The number of ether oxygens (including phenoxy) is 1. The van der Waals surface area contributed by atoms with Crippen LogP contribution in [0, 0.1) is 5.82 Å². The molecule has 0 saturated carbocycles. The third-order valence-electron chi connectivity index (χ3n) is 2.21. The van der Waals surface area contributed by atoms with Crippen LogP contribution < -0.4 is 5.32 Å². The maximum atomic E-state index is 13.4. The summed E-state index contributed by atoms with van der Waals surface area (Å²) in [6.45, 7) is 3.23. The zero-order chi connectivity index (χ0) is 13.7. The third-order valence-corrected chi connectivity index (χ3v) is 2.21. The first-order chi connectivity index (χ1) is 8.47. The Morgan fingerprint density at radius 2 is 2.17 bits per heavy atom. The molecule has 2 N–H and O–H groups in total. The fourth-order valence-electron chi connectivity index (χ4n) is 1.33. The monoisotopic (exact) mass is 255 g/mol. The average molecular weight is 255 g/mol. The summed E-state index contributed by atoms with van der Waals surface area (Å²) in [5, 5.41) is 11.6. The highest BCUT2D eigenvalue weighted by molar-refractivity contribution is 5.99. The topological polar surface area (TPSA) is 75.6 Å². The number of carbonyl (C=O) groups is 2. The second-order valence-electron chi connectivity index (χ2n) is 3.58. The van der Waals surface area contributed by atoms with Gasteiger partial charge in [-0.2, -0.15) is 0 Å². The molecule has 1 atom stereocenters. The Balaban J connectivity index is 2.80. The molecule has 0 aliphatic heterocycles. The summed E-state index contributed by atoms with van der Waals surface area (Å²) in [4.78, 5) is 23.0. The minimum absolute atomic E-state index is 0.185. The van der Waals surface area contributed by atoms with Crippen molar-refractivity contribution in [2.24, 2.45) is 0 Å². The Hall–Kier alpha value is -2.11. The molecule has 5 nitrogen and oxygen atoms in total. The van der Waals surface area contributed by atoms with Crippen molar-refractivity contribution < 1.29 is 23.8 Å². The number of esters is 1. The van der Waals surface area contributed by atoms with E-state index in [-0.39, 0.29) is 6.61 Å². The molecule has 0 spiro atoms. The van der Waals surface area contributed by atoms with Gasteiger partial charge in [-0.05, 0) is 26.0 Å². The van der Waals surface area contributed by atoms with Gasteiger partial charge in [0, 0.05) is 0 Å². The van der Waals surface area contributed by atoms with Crippen molar-refractivity contribution in [3.05, 3.63) is 29.6 Å². The van der Waals surface area contributed by atoms with Crippen LogP contribution in [0.3, 0.4) is 0 Å². The molecule has 0 fully saturated rings. The number of phenolic OH excluding ortho intramolecular Hbond substituents is 1. The summed E-state index contributed by atoms with van der Waals surface area (Å²) in [6, 6.07) is 2.59. The van der Waals surface area contributed by atoms with Gasteiger partial charge in [0.2, 0.25) is 0 Å². The van der Waals surface area contributed by atoms with Gasteiger partial charge in [-0.1, -0.05) is 6.07 Å². The van der Waals surface area contributed by atoms with Crippen LogP contribution in [0.15, 0.2) is 18.2 Å². The SMILES string of the molecule is CCOC(=O)C(C)NC(=O)c1c(O)cccc1F. The molecule has 1 unspecified atom stereocenters. The third kappa shape index (κ3) is 3.19. The molecular weight excluding hydrogens is 241 g/mol. The highest BCUT2D eigenvalue weighted by atomic mass is 19.1. The van der Waals surface area contributed by atoms with Gasteiger partial charge in [0.1, 0.15) is 23.2 Å². The van der Waals surface area contributed by atoms with Crippen LogP contribution in [-0.2, 0) is 9.53 Å². The van der Waals surface area contributed by atoms with Crippen LogP contribution >= 0.6 is 0 Å². The lowest BCUT2D eigenvalue weighted by Gasteiger charge is -2.13. The maximum Gasteiger partial charge on any atom is 0.328 e. The Morgan fingerprint density at radius 1 is 1.50 bits per heavy atom. The molecule has 0 saturated heterocycles. The summed E-state index contributed by atoms with van der Waals surface area (Å²) in [6.07, 6.45) is 0. The normalized spacial score (nSPS) is 11.7. The molecule has 1 aromatic rings. The Morgan fingerprint density at radius 3 is 2.72 bits per heavy atom. The molecule has 0 bridgehead atoms. The zero-order valence-corrected chi connectivity index (χ0v) is 10.1. The van der Waals surface area contributed by atoms with E-state index in [0.29, 0.717) is 0 Å². The van der Waals surface area contributed by atoms with Crippen LogP contribution in [0.4, 0.5) is 4.39 Å². The lowest BCUT2D eigenvalue weighted by molar-refractivity contribution is -0.144. The summed E-state index contributed by atoms with van der Waals surface area (Å²) in [7, 11) is 0. The fraction of sp³-hybridized carbons (Fsp3) is 0.333. The number of carbonyl (C=O) groups excluding carboxylic acids is 2. The highest BCUT2D eigenvalue weighted by Gasteiger charge is 2.21. The van der Waals surface area contributed by atoms with Gasteiger partial charge in [-0.25, -0.2) is 9.18 Å². The van der Waals surface area contributed by atoms with Gasteiger partial charge in [0.15, 0.2) is 0 Å². The van der Waals surface area contributed by atoms with Crippen LogP contribution in [0.5, 0.6) is 5.75 Å². The number of amides is 1. The Labute approximate surface area is 104 Å². The predicted octanol–water partition coefficient (Wildman–Crippen LogP) is 1.21. The lowest BCUT2D eigenvalue weighted by atomic mass is 10.1. The number of benzene rings is 1. The summed E-state index contributed by atoms with van der Waals surface area (Å²) in [5.41, 5.74) is -0.492. The van der Waals surface area contributed by atoms with Gasteiger partial charge < -0.3 is 15.2 Å². The number of halogens is 1. The van der Waals surface area contributed by atoms with Crippen molar-refractivity contribution in [3.63, 3.8) is 0 Å². The predicted molar refractivity (Wildman–Crippen MR) is 61.6 cm³/mol. The van der Waals surface area contributed by atoms with Crippen molar-refractivity contribution in [1.29, 1.82) is 0 Å². The van der Waals surface area contributed by atoms with E-state index < -0.39 is 35.0 Å². The molecule has 0 heterocycles. The zero-order valence-electron chi connectivity index (χ0n) is 10.1. The van der Waals surface area contributed by atoms with E-state index in [1.807, 2.05) is 0 Å². The number of phenols is 1. The number of hydrogen-bond donors (Lipinski definition) is 2. The molecule has 1 aromatic carbocycles. The van der Waals surface area contributed by atoms with Gasteiger partial charge in [-0.15, -0.1) is 0 Å².